The lowest BCUT2D eigenvalue weighted by atomic mass is 10.3. The number of rotatable bonds is 4. The second-order valence-corrected chi connectivity index (χ2v) is 6.00. The third-order valence-electron chi connectivity index (χ3n) is 3.14. The SMILES string of the molecule is CC(Sc1ccc([N+](=O)[O-])cc1)C(=O)N1CCNCC1. The third-order valence-corrected chi connectivity index (χ3v) is 4.24. The lowest BCUT2D eigenvalue weighted by molar-refractivity contribution is -0.384. The van der Waals surface area contributed by atoms with E-state index in [9.17, 15) is 14.9 Å². The van der Waals surface area contributed by atoms with Crippen molar-refractivity contribution in [2.24, 2.45) is 0 Å². The van der Waals surface area contributed by atoms with Crippen LogP contribution in [0.15, 0.2) is 29.2 Å². The topological polar surface area (TPSA) is 75.5 Å². The van der Waals surface area contributed by atoms with E-state index in [4.69, 9.17) is 0 Å². The zero-order chi connectivity index (χ0) is 14.5. The van der Waals surface area contributed by atoms with Crippen LogP contribution < -0.4 is 5.32 Å². The van der Waals surface area contributed by atoms with Crippen molar-refractivity contribution in [1.29, 1.82) is 0 Å². The number of benzene rings is 1. The summed E-state index contributed by atoms with van der Waals surface area (Å²) in [4.78, 5) is 25.1. The Kier molecular flexibility index (Phi) is 4.97. The first-order valence-electron chi connectivity index (χ1n) is 6.48. The first kappa shape index (κ1) is 14.8. The number of non-ortho nitro benzene ring substituents is 1. The molecule has 0 spiro atoms. The molecular weight excluding hydrogens is 278 g/mol. The van der Waals surface area contributed by atoms with Gasteiger partial charge >= 0.3 is 0 Å². The van der Waals surface area contributed by atoms with Crippen LogP contribution in [0.25, 0.3) is 0 Å². The summed E-state index contributed by atoms with van der Waals surface area (Å²) in [5.41, 5.74) is 0.0652. The maximum Gasteiger partial charge on any atom is 0.269 e. The minimum absolute atomic E-state index is 0.0652. The number of carbonyl (C=O) groups excluding carboxylic acids is 1. The van der Waals surface area contributed by atoms with Crippen LogP contribution in [0.4, 0.5) is 5.69 Å². The van der Waals surface area contributed by atoms with Crippen molar-refractivity contribution < 1.29 is 9.72 Å². The van der Waals surface area contributed by atoms with E-state index in [1.165, 1.54) is 23.9 Å². The van der Waals surface area contributed by atoms with Gasteiger partial charge in [0.2, 0.25) is 5.91 Å². The van der Waals surface area contributed by atoms with Crippen LogP contribution >= 0.6 is 11.8 Å². The molecule has 1 amide bonds. The smallest absolute Gasteiger partial charge is 0.269 e. The van der Waals surface area contributed by atoms with Crippen LogP contribution in [0.2, 0.25) is 0 Å². The van der Waals surface area contributed by atoms with E-state index in [2.05, 4.69) is 5.32 Å². The molecule has 1 unspecified atom stereocenters. The van der Waals surface area contributed by atoms with Gasteiger partial charge in [0.1, 0.15) is 0 Å². The molecule has 108 valence electrons. The predicted molar refractivity (Wildman–Crippen MR) is 77.9 cm³/mol. The van der Waals surface area contributed by atoms with Crippen LogP contribution in [-0.4, -0.2) is 47.2 Å². The highest BCUT2D eigenvalue weighted by Crippen LogP contribution is 2.26. The molecule has 0 aliphatic carbocycles. The monoisotopic (exact) mass is 295 g/mol. The summed E-state index contributed by atoms with van der Waals surface area (Å²) in [5, 5.41) is 13.6. The fourth-order valence-corrected chi connectivity index (χ4v) is 2.99. The van der Waals surface area contributed by atoms with Gasteiger partial charge in [-0.15, -0.1) is 11.8 Å². The number of carbonyl (C=O) groups is 1. The average Bonchev–Trinajstić information content (AvgIpc) is 2.48. The first-order valence-corrected chi connectivity index (χ1v) is 7.36. The van der Waals surface area contributed by atoms with Crippen molar-refractivity contribution in [3.8, 4) is 0 Å². The third kappa shape index (κ3) is 3.71. The fourth-order valence-electron chi connectivity index (χ4n) is 2.04. The van der Waals surface area contributed by atoms with E-state index in [0.717, 1.165) is 31.1 Å². The Morgan fingerprint density at radius 2 is 1.95 bits per heavy atom. The second-order valence-electron chi connectivity index (χ2n) is 4.59. The first-order chi connectivity index (χ1) is 9.58. The highest BCUT2D eigenvalue weighted by molar-refractivity contribution is 8.00. The Morgan fingerprint density at radius 3 is 2.50 bits per heavy atom. The zero-order valence-corrected chi connectivity index (χ0v) is 12.1. The molecule has 1 N–H and O–H groups in total. The lowest BCUT2D eigenvalue weighted by Gasteiger charge is -2.29. The van der Waals surface area contributed by atoms with Crippen LogP contribution in [0.3, 0.4) is 0 Å². The molecule has 2 rings (SSSR count). The van der Waals surface area contributed by atoms with E-state index in [0.29, 0.717) is 0 Å². The summed E-state index contributed by atoms with van der Waals surface area (Å²) in [6.07, 6.45) is 0. The Bertz CT molecular complexity index is 486. The number of nitro groups is 1. The van der Waals surface area contributed by atoms with Crippen molar-refractivity contribution in [1.82, 2.24) is 10.2 Å². The summed E-state index contributed by atoms with van der Waals surface area (Å²) < 4.78 is 0. The molecule has 1 atom stereocenters. The maximum atomic E-state index is 12.2. The minimum atomic E-state index is -0.427. The van der Waals surface area contributed by atoms with Crippen molar-refractivity contribution in [3.05, 3.63) is 34.4 Å². The summed E-state index contributed by atoms with van der Waals surface area (Å²) in [5.74, 6) is 0.120. The summed E-state index contributed by atoms with van der Waals surface area (Å²) >= 11 is 1.43. The molecule has 1 aliphatic rings. The highest BCUT2D eigenvalue weighted by Gasteiger charge is 2.22. The number of nitro benzene ring substituents is 1. The highest BCUT2D eigenvalue weighted by atomic mass is 32.2. The summed E-state index contributed by atoms with van der Waals surface area (Å²) in [7, 11) is 0. The Hall–Kier alpha value is -1.60. The molecule has 1 aromatic carbocycles. The molecular formula is C13H17N3O3S. The number of hydrogen-bond acceptors (Lipinski definition) is 5. The van der Waals surface area contributed by atoms with Crippen LogP contribution in [0.5, 0.6) is 0 Å². The van der Waals surface area contributed by atoms with Gasteiger partial charge in [0.05, 0.1) is 10.2 Å². The zero-order valence-electron chi connectivity index (χ0n) is 11.2. The number of piperazine rings is 1. The molecule has 1 heterocycles. The van der Waals surface area contributed by atoms with E-state index in [-0.39, 0.29) is 16.8 Å². The van der Waals surface area contributed by atoms with Crippen LogP contribution in [0, 0.1) is 10.1 Å². The predicted octanol–water partition coefficient (Wildman–Crippen LogP) is 1.51. The largest absolute Gasteiger partial charge is 0.339 e. The molecule has 0 bridgehead atoms. The number of nitrogens with one attached hydrogen (secondary N) is 1. The second kappa shape index (κ2) is 6.71. The van der Waals surface area contributed by atoms with Crippen molar-refractivity contribution >= 4 is 23.4 Å². The van der Waals surface area contributed by atoms with Crippen LogP contribution in [-0.2, 0) is 4.79 Å². The van der Waals surface area contributed by atoms with Gasteiger partial charge < -0.3 is 10.2 Å². The molecule has 0 saturated carbocycles. The van der Waals surface area contributed by atoms with Crippen molar-refractivity contribution in [3.63, 3.8) is 0 Å². The molecule has 1 aromatic rings. The van der Waals surface area contributed by atoms with E-state index in [1.807, 2.05) is 11.8 Å². The quantitative estimate of drug-likeness (QED) is 0.517. The van der Waals surface area contributed by atoms with E-state index >= 15 is 0 Å². The Morgan fingerprint density at radius 1 is 1.35 bits per heavy atom. The van der Waals surface area contributed by atoms with Gasteiger partial charge in [-0.3, -0.25) is 14.9 Å². The average molecular weight is 295 g/mol. The molecule has 6 nitrogen and oxygen atoms in total. The standard InChI is InChI=1S/C13H17N3O3S/c1-10(13(17)15-8-6-14-7-9-15)20-12-4-2-11(3-5-12)16(18)19/h2-5,10,14H,6-9H2,1H3. The fraction of sp³-hybridized carbons (Fsp3) is 0.462. The van der Waals surface area contributed by atoms with Gasteiger partial charge in [0, 0.05) is 43.2 Å². The number of nitrogens with zero attached hydrogens (tertiary/aromatic N) is 2. The lowest BCUT2D eigenvalue weighted by Crippen LogP contribution is -2.48. The van der Waals surface area contributed by atoms with Gasteiger partial charge in [0.25, 0.3) is 5.69 Å². The van der Waals surface area contributed by atoms with E-state index < -0.39 is 4.92 Å². The molecule has 7 heteroatoms. The Balaban J connectivity index is 1.94. The van der Waals surface area contributed by atoms with Gasteiger partial charge in [-0.2, -0.15) is 0 Å². The summed E-state index contributed by atoms with van der Waals surface area (Å²) in [6, 6.07) is 6.30. The number of hydrogen-bond donors (Lipinski definition) is 1. The maximum absolute atomic E-state index is 12.2. The van der Waals surface area contributed by atoms with Crippen molar-refractivity contribution in [2.45, 2.75) is 17.1 Å². The minimum Gasteiger partial charge on any atom is -0.339 e. The molecule has 0 radical (unpaired) electrons. The molecule has 1 aliphatic heterocycles. The number of thioether (sulfide) groups is 1. The summed E-state index contributed by atoms with van der Waals surface area (Å²) in [6.45, 7) is 5.02. The molecule has 1 saturated heterocycles. The van der Waals surface area contributed by atoms with Gasteiger partial charge in [-0.1, -0.05) is 0 Å². The van der Waals surface area contributed by atoms with Gasteiger partial charge in [-0.05, 0) is 19.1 Å². The normalized spacial score (nSPS) is 16.8. The van der Waals surface area contributed by atoms with Crippen LogP contribution in [0.1, 0.15) is 6.92 Å². The van der Waals surface area contributed by atoms with Gasteiger partial charge in [0.15, 0.2) is 0 Å². The molecule has 1 fully saturated rings. The molecule has 0 aromatic heterocycles. The Labute approximate surface area is 121 Å². The van der Waals surface area contributed by atoms with E-state index in [1.54, 1.807) is 12.1 Å². The molecule has 20 heavy (non-hydrogen) atoms. The van der Waals surface area contributed by atoms with Gasteiger partial charge in [-0.25, -0.2) is 0 Å². The number of amides is 1. The van der Waals surface area contributed by atoms with Crippen molar-refractivity contribution in [2.75, 3.05) is 26.2 Å².